The summed E-state index contributed by atoms with van der Waals surface area (Å²) >= 11 is 0. The van der Waals surface area contributed by atoms with Gasteiger partial charge in [0.1, 0.15) is 30.1 Å². The van der Waals surface area contributed by atoms with Crippen molar-refractivity contribution in [3.05, 3.63) is 0 Å². The monoisotopic (exact) mass is 376 g/mol. The van der Waals surface area contributed by atoms with Crippen LogP contribution in [0.15, 0.2) is 0 Å². The number of carbonyl (C=O) groups is 2. The topological polar surface area (TPSA) is 151 Å². The number of Topliss-reactive ketones (excluding diaryl/α,β-unsaturated/α-hetero) is 1. The minimum absolute atomic E-state index is 0.197. The summed E-state index contributed by atoms with van der Waals surface area (Å²) in [4.78, 5) is 23.0. The normalized spacial score (nSPS) is 28.7. The van der Waals surface area contributed by atoms with E-state index in [0.29, 0.717) is 32.2 Å². The van der Waals surface area contributed by atoms with E-state index < -0.39 is 43.2 Å². The Labute approximate surface area is 153 Å². The molecule has 0 aliphatic carbocycles. The first-order valence-electron chi connectivity index (χ1n) is 9.13. The number of aliphatic hydroxyl groups is 3. The van der Waals surface area contributed by atoms with Crippen molar-refractivity contribution in [3.8, 4) is 0 Å². The van der Waals surface area contributed by atoms with Crippen LogP contribution >= 0.6 is 0 Å². The highest BCUT2D eigenvalue weighted by atomic mass is 16.7. The van der Waals surface area contributed by atoms with Crippen molar-refractivity contribution in [1.82, 2.24) is 5.32 Å². The standard InChI is InChI=1S/C17H32N2O7/c1-11(21)19-14-16(24)15(23)13(10-20)26-17(14)25-9-5-3-7-12(22)6-2-4-8-18/h13-17,20,23-24H,2-10,18H2,1H3,(H,19,21). The molecule has 0 aromatic carbocycles. The Bertz CT molecular complexity index is 435. The highest BCUT2D eigenvalue weighted by Gasteiger charge is 2.45. The fourth-order valence-electron chi connectivity index (χ4n) is 2.83. The summed E-state index contributed by atoms with van der Waals surface area (Å²) in [5, 5.41) is 31.8. The van der Waals surface area contributed by atoms with Crippen LogP contribution in [0.1, 0.15) is 45.4 Å². The molecule has 1 rings (SSSR count). The molecule has 0 spiro atoms. The lowest BCUT2D eigenvalue weighted by atomic mass is 9.97. The summed E-state index contributed by atoms with van der Waals surface area (Å²) in [7, 11) is 0. The quantitative estimate of drug-likeness (QED) is 0.267. The number of carbonyl (C=O) groups excluding carboxylic acids is 2. The third-order valence-corrected chi connectivity index (χ3v) is 4.29. The van der Waals surface area contributed by atoms with Crippen molar-refractivity contribution in [2.45, 2.75) is 76.1 Å². The lowest BCUT2D eigenvalue weighted by Gasteiger charge is -2.42. The second-order valence-electron chi connectivity index (χ2n) is 6.55. The molecule has 1 amide bonds. The number of ketones is 1. The Morgan fingerprint density at radius 1 is 1.12 bits per heavy atom. The summed E-state index contributed by atoms with van der Waals surface area (Å²) in [6.45, 7) is 1.65. The van der Waals surface area contributed by atoms with Crippen LogP contribution in [0.5, 0.6) is 0 Å². The number of hydrogen-bond acceptors (Lipinski definition) is 8. The zero-order valence-electron chi connectivity index (χ0n) is 15.3. The van der Waals surface area contributed by atoms with Gasteiger partial charge in [-0.1, -0.05) is 0 Å². The van der Waals surface area contributed by atoms with Crippen molar-refractivity contribution in [2.75, 3.05) is 19.8 Å². The highest BCUT2D eigenvalue weighted by Crippen LogP contribution is 2.22. The maximum atomic E-state index is 11.7. The molecule has 0 saturated carbocycles. The van der Waals surface area contributed by atoms with E-state index in [9.17, 15) is 24.9 Å². The van der Waals surface area contributed by atoms with E-state index in [1.54, 1.807) is 0 Å². The predicted molar refractivity (Wildman–Crippen MR) is 93.1 cm³/mol. The molecule has 9 nitrogen and oxygen atoms in total. The van der Waals surface area contributed by atoms with Gasteiger partial charge in [0, 0.05) is 26.4 Å². The Morgan fingerprint density at radius 2 is 1.77 bits per heavy atom. The molecule has 1 saturated heterocycles. The fraction of sp³-hybridized carbons (Fsp3) is 0.882. The second kappa shape index (κ2) is 12.3. The van der Waals surface area contributed by atoms with Gasteiger partial charge in [0.2, 0.25) is 5.91 Å². The molecule has 26 heavy (non-hydrogen) atoms. The first kappa shape index (κ1) is 22.9. The summed E-state index contributed by atoms with van der Waals surface area (Å²) in [5.41, 5.74) is 5.39. The average molecular weight is 376 g/mol. The number of unbranched alkanes of at least 4 members (excludes halogenated alkanes) is 2. The first-order chi connectivity index (χ1) is 12.4. The summed E-state index contributed by atoms with van der Waals surface area (Å²) in [6, 6.07) is -0.941. The average Bonchev–Trinajstić information content (AvgIpc) is 2.60. The minimum Gasteiger partial charge on any atom is -0.394 e. The van der Waals surface area contributed by atoms with Crippen molar-refractivity contribution < 1.29 is 34.4 Å². The van der Waals surface area contributed by atoms with Crippen LogP contribution in [0.2, 0.25) is 0 Å². The van der Waals surface area contributed by atoms with Gasteiger partial charge in [0.15, 0.2) is 6.29 Å². The maximum Gasteiger partial charge on any atom is 0.217 e. The molecule has 5 atom stereocenters. The van der Waals surface area contributed by atoms with Crippen LogP contribution in [0.25, 0.3) is 0 Å². The predicted octanol–water partition coefficient (Wildman–Crippen LogP) is -1.18. The van der Waals surface area contributed by atoms with E-state index in [1.165, 1.54) is 6.92 Å². The molecule has 0 aromatic rings. The van der Waals surface area contributed by atoms with E-state index in [4.69, 9.17) is 15.2 Å². The zero-order valence-corrected chi connectivity index (χ0v) is 15.3. The molecule has 1 aliphatic heterocycles. The molecule has 0 aromatic heterocycles. The van der Waals surface area contributed by atoms with Crippen LogP contribution in [-0.4, -0.2) is 77.4 Å². The van der Waals surface area contributed by atoms with Crippen LogP contribution in [0.3, 0.4) is 0 Å². The van der Waals surface area contributed by atoms with Gasteiger partial charge in [-0.25, -0.2) is 0 Å². The number of hydrogen-bond donors (Lipinski definition) is 5. The Kier molecular flexibility index (Phi) is 10.9. The molecule has 0 radical (unpaired) electrons. The molecular formula is C17H32N2O7. The number of nitrogens with two attached hydrogens (primary N) is 1. The number of nitrogens with one attached hydrogen (secondary N) is 1. The van der Waals surface area contributed by atoms with E-state index in [1.807, 2.05) is 0 Å². The maximum absolute atomic E-state index is 11.7. The van der Waals surface area contributed by atoms with E-state index in [-0.39, 0.29) is 12.4 Å². The number of ether oxygens (including phenoxy) is 2. The van der Waals surface area contributed by atoms with Gasteiger partial charge in [-0.2, -0.15) is 0 Å². The van der Waals surface area contributed by atoms with Crippen LogP contribution < -0.4 is 11.1 Å². The largest absolute Gasteiger partial charge is 0.394 e. The van der Waals surface area contributed by atoms with Gasteiger partial charge in [0.05, 0.1) is 6.61 Å². The van der Waals surface area contributed by atoms with Crippen LogP contribution in [-0.2, 0) is 19.1 Å². The zero-order chi connectivity index (χ0) is 19.5. The molecule has 5 unspecified atom stereocenters. The van der Waals surface area contributed by atoms with E-state index >= 15 is 0 Å². The first-order valence-corrected chi connectivity index (χ1v) is 9.13. The molecule has 0 bridgehead atoms. The molecular weight excluding hydrogens is 344 g/mol. The summed E-state index contributed by atoms with van der Waals surface area (Å²) in [5.74, 6) is -0.202. The van der Waals surface area contributed by atoms with Crippen molar-refractivity contribution in [1.29, 1.82) is 0 Å². The Balaban J connectivity index is 2.39. The van der Waals surface area contributed by atoms with Crippen LogP contribution in [0.4, 0.5) is 0 Å². The SMILES string of the molecule is CC(=O)NC1C(OCCCCC(=O)CCCCN)OC(CO)C(O)C1O. The molecule has 152 valence electrons. The van der Waals surface area contributed by atoms with E-state index in [2.05, 4.69) is 5.32 Å². The summed E-state index contributed by atoms with van der Waals surface area (Å²) < 4.78 is 11.0. The third-order valence-electron chi connectivity index (χ3n) is 4.29. The molecule has 1 aliphatic rings. The van der Waals surface area contributed by atoms with Gasteiger partial charge < -0.3 is 35.8 Å². The Hall–Kier alpha value is -1.10. The molecule has 1 heterocycles. The van der Waals surface area contributed by atoms with Crippen molar-refractivity contribution in [2.24, 2.45) is 5.73 Å². The van der Waals surface area contributed by atoms with Gasteiger partial charge in [-0.05, 0) is 32.2 Å². The molecule has 6 N–H and O–H groups in total. The highest BCUT2D eigenvalue weighted by molar-refractivity contribution is 5.78. The van der Waals surface area contributed by atoms with Crippen LogP contribution in [0, 0.1) is 0 Å². The number of amides is 1. The van der Waals surface area contributed by atoms with Crippen molar-refractivity contribution in [3.63, 3.8) is 0 Å². The lowest BCUT2D eigenvalue weighted by Crippen LogP contribution is -2.64. The molecule has 9 heteroatoms. The second-order valence-corrected chi connectivity index (χ2v) is 6.55. The van der Waals surface area contributed by atoms with Gasteiger partial charge in [-0.3, -0.25) is 9.59 Å². The Morgan fingerprint density at radius 3 is 2.35 bits per heavy atom. The van der Waals surface area contributed by atoms with Gasteiger partial charge in [0.25, 0.3) is 0 Å². The van der Waals surface area contributed by atoms with Gasteiger partial charge in [-0.15, -0.1) is 0 Å². The smallest absolute Gasteiger partial charge is 0.217 e. The lowest BCUT2D eigenvalue weighted by molar-refractivity contribution is -0.270. The van der Waals surface area contributed by atoms with Gasteiger partial charge >= 0.3 is 0 Å². The minimum atomic E-state index is -1.33. The summed E-state index contributed by atoms with van der Waals surface area (Å²) in [6.07, 6.45) is -0.709. The number of aliphatic hydroxyl groups excluding tert-OH is 3. The number of rotatable bonds is 12. The molecule has 1 fully saturated rings. The third kappa shape index (κ3) is 7.65. The fourth-order valence-corrected chi connectivity index (χ4v) is 2.83. The van der Waals surface area contributed by atoms with E-state index in [0.717, 1.165) is 12.8 Å². The van der Waals surface area contributed by atoms with Crippen molar-refractivity contribution >= 4 is 11.7 Å².